The smallest absolute Gasteiger partial charge is 0.289 e. The number of hydrogen-bond donors (Lipinski definition) is 4. The van der Waals surface area contributed by atoms with E-state index in [1.807, 2.05) is 25.1 Å². The molecule has 0 unspecified atom stereocenters. The first-order valence-corrected chi connectivity index (χ1v) is 10.5. The van der Waals surface area contributed by atoms with E-state index >= 15 is 0 Å². The van der Waals surface area contributed by atoms with Crippen molar-refractivity contribution in [3.63, 3.8) is 0 Å². The van der Waals surface area contributed by atoms with Gasteiger partial charge in [0, 0.05) is 19.0 Å². The second kappa shape index (κ2) is 14.0. The summed E-state index contributed by atoms with van der Waals surface area (Å²) < 4.78 is 4.99. The van der Waals surface area contributed by atoms with Crippen LogP contribution in [0.1, 0.15) is 41.9 Å². The Labute approximate surface area is 206 Å². The molecule has 3 rings (SSSR count). The number of nitrogens with two attached hydrogens (primary N) is 1. The van der Waals surface area contributed by atoms with Crippen molar-refractivity contribution in [3.8, 4) is 0 Å². The van der Waals surface area contributed by atoms with Crippen LogP contribution in [-0.2, 0) is 9.57 Å². The van der Waals surface area contributed by atoms with Gasteiger partial charge in [0.1, 0.15) is 5.82 Å². The Bertz CT molecular complexity index is 945. The van der Waals surface area contributed by atoms with E-state index in [0.29, 0.717) is 24.5 Å². The van der Waals surface area contributed by atoms with Gasteiger partial charge in [0.05, 0.1) is 31.3 Å². The van der Waals surface area contributed by atoms with E-state index in [-0.39, 0.29) is 54.6 Å². The van der Waals surface area contributed by atoms with Crippen molar-refractivity contribution in [1.29, 1.82) is 0 Å². The average Bonchev–Trinajstić information content (AvgIpc) is 2.75. The topological polar surface area (TPSA) is 136 Å². The lowest BCUT2D eigenvalue weighted by molar-refractivity contribution is 0.0927. The minimum absolute atomic E-state index is 0. The third-order valence-electron chi connectivity index (χ3n) is 5.21. The normalized spacial score (nSPS) is 18.1. The van der Waals surface area contributed by atoms with E-state index in [1.54, 1.807) is 7.11 Å². The Morgan fingerprint density at radius 3 is 2.70 bits per heavy atom. The quantitative estimate of drug-likeness (QED) is 0.187. The molecule has 184 valence electrons. The van der Waals surface area contributed by atoms with Crippen molar-refractivity contribution in [2.75, 3.05) is 32.7 Å². The number of benzene rings is 1. The number of guanidine groups is 1. The summed E-state index contributed by atoms with van der Waals surface area (Å²) >= 11 is 0. The van der Waals surface area contributed by atoms with E-state index in [4.69, 9.17) is 15.3 Å². The molecule has 1 saturated carbocycles. The second-order valence-corrected chi connectivity index (χ2v) is 7.59. The highest BCUT2D eigenvalue weighted by Crippen LogP contribution is 2.28. The number of aryl methyl sites for hydroxylation is 1. The number of hydrogen-bond acceptors (Lipinski definition) is 7. The molecule has 2 atom stereocenters. The monoisotopic (exact) mass is 501 g/mol. The molecule has 0 saturated heterocycles. The molecule has 1 aromatic carbocycles. The fourth-order valence-electron chi connectivity index (χ4n) is 3.72. The molecular formula is C21H33Cl2N7O3. The molecule has 1 aliphatic rings. The molecule has 0 spiro atoms. The number of anilines is 1. The van der Waals surface area contributed by atoms with E-state index in [0.717, 1.165) is 36.6 Å². The standard InChI is InChI=1S/C21H31N7O3.2ClH/c1-13-8-9-15-14(12-13)18(27-19(24-15)20(29)23-10-11-30-2)25-16-6-4-5-7-17(16)26-21(22)28-31-3;;/h8-9,12,16-17H,4-7,10-11H2,1-3H3,(H,23,29)(H3,22,26,28)(H,24,25,27);2*1H/t16-,17+;;/m0../s1. The lowest BCUT2D eigenvalue weighted by Gasteiger charge is -2.30. The van der Waals surface area contributed by atoms with Crippen LogP contribution in [0.4, 0.5) is 5.82 Å². The highest BCUT2D eigenvalue weighted by atomic mass is 35.5. The third kappa shape index (κ3) is 7.85. The zero-order valence-electron chi connectivity index (χ0n) is 19.1. The Morgan fingerprint density at radius 2 is 1.97 bits per heavy atom. The highest BCUT2D eigenvalue weighted by Gasteiger charge is 2.26. The number of carbonyl (C=O) groups excluding carboxylic acids is 1. The number of aromatic nitrogens is 2. The summed E-state index contributed by atoms with van der Waals surface area (Å²) in [6.45, 7) is 2.82. The zero-order chi connectivity index (χ0) is 22.2. The molecule has 0 aliphatic heterocycles. The van der Waals surface area contributed by atoms with Crippen LogP contribution in [0.25, 0.3) is 10.9 Å². The minimum Gasteiger partial charge on any atom is -0.383 e. The number of ether oxygens (including phenoxy) is 1. The largest absolute Gasteiger partial charge is 0.383 e. The van der Waals surface area contributed by atoms with E-state index in [1.165, 1.54) is 7.11 Å². The first kappa shape index (κ1) is 28.6. The van der Waals surface area contributed by atoms with Gasteiger partial charge in [0.25, 0.3) is 5.91 Å². The van der Waals surface area contributed by atoms with Crippen LogP contribution >= 0.6 is 24.8 Å². The third-order valence-corrected chi connectivity index (χ3v) is 5.21. The average molecular weight is 502 g/mol. The van der Waals surface area contributed by atoms with Gasteiger partial charge in [-0.3, -0.25) is 9.63 Å². The van der Waals surface area contributed by atoms with Gasteiger partial charge in [-0.15, -0.1) is 24.8 Å². The maximum atomic E-state index is 12.6. The molecule has 1 amide bonds. The second-order valence-electron chi connectivity index (χ2n) is 7.59. The number of amides is 1. The number of nitrogens with one attached hydrogen (secondary N) is 3. The fraction of sp³-hybridized carbons (Fsp3) is 0.524. The molecule has 5 N–H and O–H groups in total. The highest BCUT2D eigenvalue weighted by molar-refractivity contribution is 5.96. The van der Waals surface area contributed by atoms with E-state index in [9.17, 15) is 4.79 Å². The SMILES string of the molecule is COCCNC(=O)c1nc(N[C@H]2CCCC[C@H]2N=C(N)NOC)c2cc(C)ccc2n1.Cl.Cl. The summed E-state index contributed by atoms with van der Waals surface area (Å²) in [6, 6.07) is 5.88. The van der Waals surface area contributed by atoms with Gasteiger partial charge in [-0.1, -0.05) is 24.5 Å². The number of rotatable bonds is 8. The lowest BCUT2D eigenvalue weighted by atomic mass is 9.90. The summed E-state index contributed by atoms with van der Waals surface area (Å²) in [5, 5.41) is 7.17. The van der Waals surface area contributed by atoms with E-state index < -0.39 is 0 Å². The van der Waals surface area contributed by atoms with Gasteiger partial charge in [-0.25, -0.2) is 20.4 Å². The molecule has 1 aromatic heterocycles. The summed E-state index contributed by atoms with van der Waals surface area (Å²) in [5.74, 6) is 0.638. The molecule has 1 heterocycles. The number of aliphatic imine (C=N–C) groups is 1. The molecule has 0 bridgehead atoms. The van der Waals surface area contributed by atoms with Crippen molar-refractivity contribution in [3.05, 3.63) is 29.6 Å². The van der Waals surface area contributed by atoms with Gasteiger partial charge >= 0.3 is 0 Å². The lowest BCUT2D eigenvalue weighted by Crippen LogP contribution is -2.40. The maximum Gasteiger partial charge on any atom is 0.289 e. The van der Waals surface area contributed by atoms with Crippen LogP contribution in [0.2, 0.25) is 0 Å². The van der Waals surface area contributed by atoms with Crippen LogP contribution < -0.4 is 21.8 Å². The fourth-order valence-corrected chi connectivity index (χ4v) is 3.72. The van der Waals surface area contributed by atoms with Crippen LogP contribution in [0.5, 0.6) is 0 Å². The number of carbonyl (C=O) groups is 1. The summed E-state index contributed by atoms with van der Waals surface area (Å²) in [6.07, 6.45) is 3.97. The first-order chi connectivity index (χ1) is 15.0. The van der Waals surface area contributed by atoms with E-state index in [2.05, 4.69) is 31.1 Å². The molecule has 33 heavy (non-hydrogen) atoms. The molecule has 1 aliphatic carbocycles. The van der Waals surface area contributed by atoms with Crippen LogP contribution in [0.15, 0.2) is 23.2 Å². The van der Waals surface area contributed by atoms with Gasteiger partial charge in [0.2, 0.25) is 11.8 Å². The van der Waals surface area contributed by atoms with Crippen molar-refractivity contribution in [1.82, 2.24) is 20.8 Å². The van der Waals surface area contributed by atoms with Crippen molar-refractivity contribution in [2.45, 2.75) is 44.7 Å². The molecule has 0 radical (unpaired) electrons. The predicted molar refractivity (Wildman–Crippen MR) is 134 cm³/mol. The molecule has 10 nitrogen and oxygen atoms in total. The van der Waals surface area contributed by atoms with Crippen LogP contribution in [-0.4, -0.2) is 61.3 Å². The zero-order valence-corrected chi connectivity index (χ0v) is 20.7. The number of fused-ring (bicyclic) bond motifs is 1. The minimum atomic E-state index is -0.339. The number of hydroxylamine groups is 1. The summed E-state index contributed by atoms with van der Waals surface area (Å²) in [4.78, 5) is 31.0. The van der Waals surface area contributed by atoms with Crippen molar-refractivity contribution >= 4 is 53.4 Å². The Balaban J connectivity index is 0.00000272. The summed E-state index contributed by atoms with van der Waals surface area (Å²) in [7, 11) is 3.08. The molecular weight excluding hydrogens is 469 g/mol. The maximum absolute atomic E-state index is 12.6. The van der Waals surface area contributed by atoms with Gasteiger partial charge in [-0.2, -0.15) is 0 Å². The molecule has 2 aromatic rings. The van der Waals surface area contributed by atoms with Gasteiger partial charge in [-0.05, 0) is 31.9 Å². The Morgan fingerprint density at radius 1 is 1.21 bits per heavy atom. The predicted octanol–water partition coefficient (Wildman–Crippen LogP) is 2.35. The van der Waals surface area contributed by atoms with Crippen molar-refractivity contribution < 1.29 is 14.4 Å². The summed E-state index contributed by atoms with van der Waals surface area (Å²) in [5.41, 5.74) is 10.3. The number of nitrogens with zero attached hydrogens (tertiary/aromatic N) is 3. The number of halogens is 2. The van der Waals surface area contributed by atoms with Gasteiger partial charge in [0.15, 0.2) is 0 Å². The van der Waals surface area contributed by atoms with Gasteiger partial charge < -0.3 is 21.1 Å². The first-order valence-electron chi connectivity index (χ1n) is 10.5. The Kier molecular flexibility index (Phi) is 12.1. The van der Waals surface area contributed by atoms with Crippen LogP contribution in [0.3, 0.4) is 0 Å². The van der Waals surface area contributed by atoms with Crippen molar-refractivity contribution in [2.24, 2.45) is 10.7 Å². The van der Waals surface area contributed by atoms with Crippen LogP contribution in [0, 0.1) is 6.92 Å². The Hall–Kier alpha value is -2.40. The molecule has 1 fully saturated rings. The number of methoxy groups -OCH3 is 1. The molecule has 12 heteroatoms.